The molecule has 0 bridgehead atoms. The maximum absolute atomic E-state index is 12.6. The van der Waals surface area contributed by atoms with Crippen molar-refractivity contribution in [3.63, 3.8) is 0 Å². The maximum atomic E-state index is 12.6. The van der Waals surface area contributed by atoms with E-state index in [-0.39, 0.29) is 22.8 Å². The van der Waals surface area contributed by atoms with Crippen molar-refractivity contribution < 1.29 is 14.3 Å². The van der Waals surface area contributed by atoms with Crippen LogP contribution in [0.4, 0.5) is 5.69 Å². The van der Waals surface area contributed by atoms with Crippen molar-refractivity contribution >= 4 is 29.1 Å². The van der Waals surface area contributed by atoms with Crippen LogP contribution >= 0.6 is 11.6 Å². The van der Waals surface area contributed by atoms with Crippen molar-refractivity contribution in [2.24, 2.45) is 11.7 Å². The summed E-state index contributed by atoms with van der Waals surface area (Å²) in [7, 11) is 1.56. The topological polar surface area (TPSA) is 93.5 Å². The number of anilines is 1. The van der Waals surface area contributed by atoms with E-state index < -0.39 is 5.54 Å². The Labute approximate surface area is 153 Å². The quantitative estimate of drug-likeness (QED) is 0.673. The average molecular weight is 368 g/mol. The van der Waals surface area contributed by atoms with Gasteiger partial charge in [0.05, 0.1) is 23.1 Å². The molecule has 1 fully saturated rings. The standard InChI is InChI=1S/C18H26ClN3O3/c1-18(20)8-4-3-5-14(18)17(24)22-12-6-7-13(15(19)11-12)16(23)21-9-10-25-2/h6-7,11,14H,3-5,8-10,20H2,1-2H3,(H,21,23)(H,22,24). The monoisotopic (exact) mass is 367 g/mol. The summed E-state index contributed by atoms with van der Waals surface area (Å²) in [4.78, 5) is 24.6. The molecule has 4 N–H and O–H groups in total. The number of carbonyl (C=O) groups excluding carboxylic acids is 2. The van der Waals surface area contributed by atoms with E-state index in [1.807, 2.05) is 6.92 Å². The molecule has 1 aliphatic rings. The number of rotatable bonds is 6. The molecule has 25 heavy (non-hydrogen) atoms. The summed E-state index contributed by atoms with van der Waals surface area (Å²) in [5.41, 5.74) is 6.70. The highest BCUT2D eigenvalue weighted by molar-refractivity contribution is 6.34. The van der Waals surface area contributed by atoms with Gasteiger partial charge in [0, 0.05) is 24.9 Å². The number of carbonyl (C=O) groups is 2. The number of nitrogens with two attached hydrogens (primary N) is 1. The van der Waals surface area contributed by atoms with E-state index in [4.69, 9.17) is 22.1 Å². The molecule has 0 radical (unpaired) electrons. The number of benzene rings is 1. The van der Waals surface area contributed by atoms with Crippen molar-refractivity contribution in [1.29, 1.82) is 0 Å². The first-order chi connectivity index (χ1) is 11.8. The predicted molar refractivity (Wildman–Crippen MR) is 98.8 cm³/mol. The van der Waals surface area contributed by atoms with E-state index in [0.29, 0.717) is 24.4 Å². The maximum Gasteiger partial charge on any atom is 0.252 e. The Kier molecular flexibility index (Phi) is 6.81. The van der Waals surface area contributed by atoms with Gasteiger partial charge in [0.2, 0.25) is 5.91 Å². The summed E-state index contributed by atoms with van der Waals surface area (Å²) in [6, 6.07) is 4.86. The predicted octanol–water partition coefficient (Wildman–Crippen LogP) is 2.56. The molecule has 0 aliphatic heterocycles. The second-order valence-electron chi connectivity index (χ2n) is 6.74. The molecule has 6 nitrogen and oxygen atoms in total. The molecule has 2 amide bonds. The molecule has 1 aliphatic carbocycles. The number of hydrogen-bond acceptors (Lipinski definition) is 4. The first-order valence-electron chi connectivity index (χ1n) is 8.51. The lowest BCUT2D eigenvalue weighted by molar-refractivity contribution is -0.122. The van der Waals surface area contributed by atoms with Crippen LogP contribution in [0, 0.1) is 5.92 Å². The van der Waals surface area contributed by atoms with Gasteiger partial charge in [-0.15, -0.1) is 0 Å². The Balaban J connectivity index is 2.02. The lowest BCUT2D eigenvalue weighted by Gasteiger charge is -2.37. The lowest BCUT2D eigenvalue weighted by atomic mass is 9.74. The van der Waals surface area contributed by atoms with E-state index in [0.717, 1.165) is 25.7 Å². The normalized spacial score (nSPS) is 23.1. The van der Waals surface area contributed by atoms with Gasteiger partial charge >= 0.3 is 0 Å². The van der Waals surface area contributed by atoms with Crippen LogP contribution in [-0.2, 0) is 9.53 Å². The van der Waals surface area contributed by atoms with Crippen LogP contribution in [0.1, 0.15) is 43.0 Å². The smallest absolute Gasteiger partial charge is 0.252 e. The fourth-order valence-electron chi connectivity index (χ4n) is 3.16. The van der Waals surface area contributed by atoms with Crippen LogP contribution in [-0.4, -0.2) is 37.6 Å². The molecule has 1 aromatic rings. The van der Waals surface area contributed by atoms with Gasteiger partial charge in [-0.2, -0.15) is 0 Å². The van der Waals surface area contributed by atoms with Gasteiger partial charge in [-0.1, -0.05) is 24.4 Å². The number of methoxy groups -OCH3 is 1. The Morgan fingerprint density at radius 2 is 2.16 bits per heavy atom. The number of hydrogen-bond donors (Lipinski definition) is 3. The lowest BCUT2D eigenvalue weighted by Crippen LogP contribution is -2.51. The Morgan fingerprint density at radius 1 is 1.40 bits per heavy atom. The van der Waals surface area contributed by atoms with E-state index >= 15 is 0 Å². The molecule has 2 rings (SSSR count). The molecule has 2 unspecified atom stereocenters. The number of ether oxygens (including phenoxy) is 1. The van der Waals surface area contributed by atoms with Gasteiger partial charge in [-0.05, 0) is 38.0 Å². The van der Waals surface area contributed by atoms with E-state index in [1.54, 1.807) is 25.3 Å². The zero-order valence-corrected chi connectivity index (χ0v) is 15.5. The van der Waals surface area contributed by atoms with Crippen molar-refractivity contribution in [1.82, 2.24) is 5.32 Å². The minimum Gasteiger partial charge on any atom is -0.383 e. The molecule has 0 aromatic heterocycles. The molecular formula is C18H26ClN3O3. The first-order valence-corrected chi connectivity index (χ1v) is 8.89. The van der Waals surface area contributed by atoms with Crippen LogP contribution < -0.4 is 16.4 Å². The molecule has 0 heterocycles. The Morgan fingerprint density at radius 3 is 2.80 bits per heavy atom. The Hall–Kier alpha value is -1.63. The molecule has 2 atom stereocenters. The average Bonchev–Trinajstić information content (AvgIpc) is 2.54. The molecule has 0 saturated heterocycles. The van der Waals surface area contributed by atoms with Gasteiger partial charge in [0.15, 0.2) is 0 Å². The second-order valence-corrected chi connectivity index (χ2v) is 7.14. The third kappa shape index (κ3) is 5.17. The molecule has 0 spiro atoms. The minimum absolute atomic E-state index is 0.0990. The SMILES string of the molecule is COCCNC(=O)c1ccc(NC(=O)C2CCCCC2(C)N)cc1Cl. The van der Waals surface area contributed by atoms with Crippen molar-refractivity contribution in [2.75, 3.05) is 25.6 Å². The van der Waals surface area contributed by atoms with Gasteiger partial charge in [-0.3, -0.25) is 9.59 Å². The van der Waals surface area contributed by atoms with E-state index in [9.17, 15) is 9.59 Å². The third-order valence-electron chi connectivity index (χ3n) is 4.64. The fraction of sp³-hybridized carbons (Fsp3) is 0.556. The van der Waals surface area contributed by atoms with Crippen LogP contribution in [0.3, 0.4) is 0 Å². The van der Waals surface area contributed by atoms with Gasteiger partial charge in [-0.25, -0.2) is 0 Å². The Bertz CT molecular complexity index is 634. The summed E-state index contributed by atoms with van der Waals surface area (Å²) in [6.45, 7) is 2.76. The van der Waals surface area contributed by atoms with Gasteiger partial charge in [0.25, 0.3) is 5.91 Å². The van der Waals surface area contributed by atoms with Crippen LogP contribution in [0.15, 0.2) is 18.2 Å². The third-order valence-corrected chi connectivity index (χ3v) is 4.96. The summed E-state index contributed by atoms with van der Waals surface area (Å²) in [5, 5.41) is 5.87. The van der Waals surface area contributed by atoms with Crippen molar-refractivity contribution in [3.05, 3.63) is 28.8 Å². The molecule has 7 heteroatoms. The van der Waals surface area contributed by atoms with Gasteiger partial charge < -0.3 is 21.1 Å². The number of halogens is 1. The van der Waals surface area contributed by atoms with Crippen LogP contribution in [0.25, 0.3) is 0 Å². The summed E-state index contributed by atoms with van der Waals surface area (Å²) in [5.74, 6) is -0.600. The van der Waals surface area contributed by atoms with Crippen molar-refractivity contribution in [3.8, 4) is 0 Å². The number of amides is 2. The zero-order valence-electron chi connectivity index (χ0n) is 14.7. The summed E-state index contributed by atoms with van der Waals surface area (Å²) < 4.78 is 4.89. The van der Waals surface area contributed by atoms with Crippen LogP contribution in [0.5, 0.6) is 0 Å². The minimum atomic E-state index is -0.493. The summed E-state index contributed by atoms with van der Waals surface area (Å²) >= 11 is 6.19. The van der Waals surface area contributed by atoms with Crippen molar-refractivity contribution in [2.45, 2.75) is 38.1 Å². The highest BCUT2D eigenvalue weighted by Crippen LogP contribution is 2.32. The first kappa shape index (κ1) is 19.7. The van der Waals surface area contributed by atoms with E-state index in [2.05, 4.69) is 10.6 Å². The van der Waals surface area contributed by atoms with E-state index in [1.165, 1.54) is 0 Å². The molecular weight excluding hydrogens is 342 g/mol. The largest absolute Gasteiger partial charge is 0.383 e. The number of nitrogens with one attached hydrogen (secondary N) is 2. The highest BCUT2D eigenvalue weighted by atomic mass is 35.5. The fourth-order valence-corrected chi connectivity index (χ4v) is 3.42. The highest BCUT2D eigenvalue weighted by Gasteiger charge is 2.37. The summed E-state index contributed by atoms with van der Waals surface area (Å²) in [6.07, 6.45) is 3.68. The molecule has 1 saturated carbocycles. The van der Waals surface area contributed by atoms with Crippen LogP contribution in [0.2, 0.25) is 5.02 Å². The van der Waals surface area contributed by atoms with Gasteiger partial charge in [0.1, 0.15) is 0 Å². The second kappa shape index (κ2) is 8.65. The molecule has 138 valence electrons. The zero-order chi connectivity index (χ0) is 18.4. The molecule has 1 aromatic carbocycles.